The van der Waals surface area contributed by atoms with Gasteiger partial charge in [0.25, 0.3) is 11.8 Å². The number of carbonyl (C=O) groups is 6. The van der Waals surface area contributed by atoms with Crippen LogP contribution >= 0.6 is 0 Å². The van der Waals surface area contributed by atoms with Gasteiger partial charge in [-0.15, -0.1) is 0 Å². The van der Waals surface area contributed by atoms with Crippen LogP contribution in [0.25, 0.3) is 0 Å². The predicted molar refractivity (Wildman–Crippen MR) is 194 cm³/mol. The lowest BCUT2D eigenvalue weighted by Gasteiger charge is -2.41. The first-order valence-corrected chi connectivity index (χ1v) is 18.4. The number of hydrogen-bond acceptors (Lipinski definition) is 8. The Bertz CT molecular complexity index is 1520. The van der Waals surface area contributed by atoms with E-state index < -0.39 is 4.48 Å². The van der Waals surface area contributed by atoms with E-state index >= 15 is 0 Å². The number of rotatable bonds is 12. The average Bonchev–Trinajstić information content (AvgIpc) is 3.17. The second-order valence-electron chi connectivity index (χ2n) is 14.0. The van der Waals surface area contributed by atoms with E-state index in [0.29, 0.717) is 91.1 Å². The first kappa shape index (κ1) is 38.6. The van der Waals surface area contributed by atoms with Gasteiger partial charge < -0.3 is 36.4 Å². The third-order valence-corrected chi connectivity index (χ3v) is 10.5. The standard InChI is InChI=1S/C38H52N8O6/c39-25-31-5-1-3-29(23-31)7-9-34(48)42-14-18-44(19-15-42)36(50)27-46(22-12-33(47)41-13-11-38(46)52)28-37(51)45-20-16-43(17-21-45)35(49)10-8-30-4-2-6-32(24-30)26-40/h1-6,23-24H,7-22,25-28,39-40H2/p+1. The molecule has 3 aliphatic rings. The van der Waals surface area contributed by atoms with E-state index in [1.165, 1.54) is 0 Å². The van der Waals surface area contributed by atoms with Crippen LogP contribution in [-0.2, 0) is 54.7 Å². The molecule has 14 heteroatoms. The second kappa shape index (κ2) is 18.2. The zero-order valence-corrected chi connectivity index (χ0v) is 30.1. The van der Waals surface area contributed by atoms with Crippen LogP contribution in [0.2, 0.25) is 0 Å². The van der Waals surface area contributed by atoms with Gasteiger partial charge in [-0.25, -0.2) is 9.28 Å². The molecule has 0 spiro atoms. The number of quaternary nitrogens is 1. The van der Waals surface area contributed by atoms with Crippen molar-refractivity contribution in [2.45, 2.75) is 51.6 Å². The molecule has 0 radical (unpaired) electrons. The largest absolute Gasteiger partial charge is 0.355 e. The molecular weight excluding hydrogens is 664 g/mol. The van der Waals surface area contributed by atoms with Crippen molar-refractivity contribution in [1.29, 1.82) is 0 Å². The van der Waals surface area contributed by atoms with Gasteiger partial charge in [-0.05, 0) is 35.1 Å². The van der Waals surface area contributed by atoms with Crippen LogP contribution in [-0.4, -0.2) is 138 Å². The number of amides is 6. The molecule has 0 aliphatic carbocycles. The van der Waals surface area contributed by atoms with Crippen molar-refractivity contribution in [2.75, 3.05) is 78.5 Å². The maximum absolute atomic E-state index is 13.8. The molecule has 3 heterocycles. The van der Waals surface area contributed by atoms with Crippen molar-refractivity contribution in [1.82, 2.24) is 24.9 Å². The van der Waals surface area contributed by atoms with Crippen molar-refractivity contribution in [2.24, 2.45) is 11.5 Å². The highest BCUT2D eigenvalue weighted by atomic mass is 16.2. The molecule has 0 bridgehead atoms. The Hall–Kier alpha value is -4.66. The van der Waals surface area contributed by atoms with Gasteiger partial charge in [0, 0.05) is 84.8 Å². The van der Waals surface area contributed by atoms with Gasteiger partial charge in [0.15, 0.2) is 13.1 Å². The van der Waals surface area contributed by atoms with E-state index in [2.05, 4.69) is 5.32 Å². The Morgan fingerprint density at radius 1 is 0.596 bits per heavy atom. The average molecular weight is 718 g/mol. The third-order valence-electron chi connectivity index (χ3n) is 10.5. The maximum atomic E-state index is 13.8. The highest BCUT2D eigenvalue weighted by molar-refractivity contribution is 5.86. The van der Waals surface area contributed by atoms with E-state index in [4.69, 9.17) is 11.5 Å². The summed E-state index contributed by atoms with van der Waals surface area (Å²) in [6, 6.07) is 15.8. The molecule has 5 N–H and O–H groups in total. The lowest BCUT2D eigenvalue weighted by molar-refractivity contribution is -0.839. The Morgan fingerprint density at radius 3 is 1.42 bits per heavy atom. The molecule has 3 aliphatic heterocycles. The molecule has 2 aromatic carbocycles. The minimum Gasteiger partial charge on any atom is -0.355 e. The van der Waals surface area contributed by atoms with Gasteiger partial charge in [-0.2, -0.15) is 0 Å². The SMILES string of the molecule is NCc1cccc(CCC(=O)N2CCN(C(=O)C[N+]3(CC(=O)N4CCN(C(=O)CCc5cccc(CN)c5)CC4)CCC(=O)NCCC3=O)CC2)c1. The minimum absolute atomic E-state index is 0.0131. The Morgan fingerprint density at radius 2 is 1.00 bits per heavy atom. The summed E-state index contributed by atoms with van der Waals surface area (Å²) in [4.78, 5) is 86.6. The summed E-state index contributed by atoms with van der Waals surface area (Å²) in [6.45, 7) is 3.43. The minimum atomic E-state index is -0.424. The topological polar surface area (TPSA) is 179 Å². The molecule has 3 saturated heterocycles. The number of hydrogen-bond donors (Lipinski definition) is 3. The summed E-state index contributed by atoms with van der Waals surface area (Å²) in [5.41, 5.74) is 15.6. The molecule has 280 valence electrons. The van der Waals surface area contributed by atoms with Gasteiger partial charge >= 0.3 is 5.91 Å². The number of nitrogens with two attached hydrogens (primary N) is 2. The van der Waals surface area contributed by atoms with E-state index in [9.17, 15) is 28.8 Å². The van der Waals surface area contributed by atoms with Crippen LogP contribution in [0.4, 0.5) is 0 Å². The number of nitrogens with zero attached hydrogens (tertiary/aromatic N) is 5. The van der Waals surface area contributed by atoms with Gasteiger partial charge in [0.1, 0.15) is 0 Å². The monoisotopic (exact) mass is 717 g/mol. The third kappa shape index (κ3) is 10.2. The summed E-state index contributed by atoms with van der Waals surface area (Å²) in [5.74, 6) is -1.01. The summed E-state index contributed by atoms with van der Waals surface area (Å²) in [6.07, 6.45) is 1.94. The van der Waals surface area contributed by atoms with Crippen molar-refractivity contribution in [3.8, 4) is 0 Å². The number of carbonyl (C=O) groups excluding carboxylic acids is 6. The summed E-state index contributed by atoms with van der Waals surface area (Å²) >= 11 is 0. The Kier molecular flexibility index (Phi) is 13.5. The first-order chi connectivity index (χ1) is 25.1. The number of piperazine rings is 2. The molecule has 0 saturated carbocycles. The number of benzene rings is 2. The van der Waals surface area contributed by atoms with Gasteiger partial charge in [-0.3, -0.25) is 24.0 Å². The van der Waals surface area contributed by atoms with Gasteiger partial charge in [-0.1, -0.05) is 48.5 Å². The molecule has 5 rings (SSSR count). The lowest BCUT2D eigenvalue weighted by atomic mass is 10.1. The van der Waals surface area contributed by atoms with Gasteiger partial charge in [0.05, 0.1) is 19.4 Å². The van der Waals surface area contributed by atoms with Crippen LogP contribution < -0.4 is 16.8 Å². The van der Waals surface area contributed by atoms with E-state index in [0.717, 1.165) is 22.3 Å². The maximum Gasteiger partial charge on any atom is 0.316 e. The fourth-order valence-electron chi connectivity index (χ4n) is 7.24. The van der Waals surface area contributed by atoms with Crippen LogP contribution in [0.3, 0.4) is 0 Å². The molecule has 0 atom stereocenters. The summed E-state index contributed by atoms with van der Waals surface area (Å²) < 4.78 is -0.424. The van der Waals surface area contributed by atoms with E-state index in [1.807, 2.05) is 48.5 Å². The van der Waals surface area contributed by atoms with Crippen molar-refractivity contribution in [3.05, 3.63) is 70.8 Å². The zero-order chi connectivity index (χ0) is 37.1. The molecule has 14 nitrogen and oxygen atoms in total. The van der Waals surface area contributed by atoms with Crippen LogP contribution in [0.15, 0.2) is 48.5 Å². The Balaban J connectivity index is 1.15. The molecule has 2 aromatic rings. The van der Waals surface area contributed by atoms with Gasteiger partial charge in [0.2, 0.25) is 17.7 Å². The highest BCUT2D eigenvalue weighted by Gasteiger charge is 2.44. The fourth-order valence-corrected chi connectivity index (χ4v) is 7.24. The summed E-state index contributed by atoms with van der Waals surface area (Å²) in [7, 11) is 0. The van der Waals surface area contributed by atoms with Crippen molar-refractivity contribution in [3.63, 3.8) is 0 Å². The van der Waals surface area contributed by atoms with Crippen LogP contribution in [0.5, 0.6) is 0 Å². The molecule has 3 fully saturated rings. The molecule has 52 heavy (non-hydrogen) atoms. The molecule has 0 aromatic heterocycles. The van der Waals surface area contributed by atoms with E-state index in [1.54, 1.807) is 19.6 Å². The lowest BCUT2D eigenvalue weighted by Crippen LogP contribution is -2.65. The number of nitrogens with one attached hydrogen (secondary N) is 1. The van der Waals surface area contributed by atoms with Crippen molar-refractivity contribution < 1.29 is 33.3 Å². The fraction of sp³-hybridized carbons (Fsp3) is 0.526. The zero-order valence-electron chi connectivity index (χ0n) is 30.1. The quantitative estimate of drug-likeness (QED) is 0.252. The van der Waals surface area contributed by atoms with Crippen LogP contribution in [0.1, 0.15) is 47.9 Å². The predicted octanol–water partition coefficient (Wildman–Crippen LogP) is -0.236. The smallest absolute Gasteiger partial charge is 0.316 e. The van der Waals surface area contributed by atoms with E-state index in [-0.39, 0.29) is 74.5 Å². The number of aryl methyl sites for hydroxylation is 2. The van der Waals surface area contributed by atoms with Crippen LogP contribution in [0, 0.1) is 0 Å². The molecular formula is C38H53N8O6+. The first-order valence-electron chi connectivity index (χ1n) is 18.4. The Labute approximate surface area is 305 Å². The summed E-state index contributed by atoms with van der Waals surface area (Å²) in [5, 5.41) is 2.72. The highest BCUT2D eigenvalue weighted by Crippen LogP contribution is 2.19. The molecule has 0 unspecified atom stereocenters. The second-order valence-corrected chi connectivity index (χ2v) is 14.0. The normalized spacial score (nSPS) is 18.0. The van der Waals surface area contributed by atoms with Crippen molar-refractivity contribution >= 4 is 35.4 Å². The molecule has 6 amide bonds.